The summed E-state index contributed by atoms with van der Waals surface area (Å²) >= 11 is 0. The lowest BCUT2D eigenvalue weighted by molar-refractivity contribution is 0.0571. The van der Waals surface area contributed by atoms with E-state index in [0.29, 0.717) is 13.2 Å². The molecule has 132 valence electrons. The molecular formula is C24H24O2. The van der Waals surface area contributed by atoms with Gasteiger partial charge >= 0.3 is 0 Å². The van der Waals surface area contributed by atoms with Gasteiger partial charge in [0, 0.05) is 0 Å². The van der Waals surface area contributed by atoms with Crippen LogP contribution < -0.4 is 0 Å². The first-order valence-corrected chi connectivity index (χ1v) is 9.21. The largest absolute Gasteiger partial charge is 0.369 e. The van der Waals surface area contributed by atoms with Crippen molar-refractivity contribution < 1.29 is 9.47 Å². The second kappa shape index (κ2) is 7.45. The molecule has 0 spiro atoms. The average molecular weight is 344 g/mol. The van der Waals surface area contributed by atoms with E-state index in [1.807, 2.05) is 12.1 Å². The summed E-state index contributed by atoms with van der Waals surface area (Å²) in [6, 6.07) is 20.9. The van der Waals surface area contributed by atoms with Gasteiger partial charge in [0.15, 0.2) is 0 Å². The van der Waals surface area contributed by atoms with Crippen LogP contribution >= 0.6 is 0 Å². The molecule has 2 nitrogen and oxygen atoms in total. The Morgan fingerprint density at radius 2 is 1.12 bits per heavy atom. The second-order valence-electron chi connectivity index (χ2n) is 6.91. The highest BCUT2D eigenvalue weighted by molar-refractivity contribution is 5.72. The third-order valence-electron chi connectivity index (χ3n) is 5.07. The van der Waals surface area contributed by atoms with E-state index in [1.165, 1.54) is 33.4 Å². The van der Waals surface area contributed by atoms with E-state index >= 15 is 0 Å². The Morgan fingerprint density at radius 3 is 1.54 bits per heavy atom. The summed E-state index contributed by atoms with van der Waals surface area (Å²) < 4.78 is 12.1. The first kappa shape index (κ1) is 17.0. The third-order valence-corrected chi connectivity index (χ3v) is 5.07. The van der Waals surface area contributed by atoms with Gasteiger partial charge in [0.2, 0.25) is 0 Å². The topological polar surface area (TPSA) is 18.5 Å². The zero-order chi connectivity index (χ0) is 17.9. The minimum absolute atomic E-state index is 0.0680. The molecule has 0 N–H and O–H groups in total. The van der Waals surface area contributed by atoms with Gasteiger partial charge in [-0.15, -0.1) is 0 Å². The summed E-state index contributed by atoms with van der Waals surface area (Å²) in [6.45, 7) is 5.56. The average Bonchev–Trinajstić information content (AvgIpc) is 2.68. The molecule has 2 unspecified atom stereocenters. The first-order chi connectivity index (χ1) is 12.7. The van der Waals surface area contributed by atoms with Crippen LogP contribution in [-0.4, -0.2) is 25.4 Å². The predicted molar refractivity (Wildman–Crippen MR) is 107 cm³/mol. The lowest BCUT2D eigenvalue weighted by atomic mass is 9.83. The standard InChI is InChI=1S/C24H24O2/c1-17-22(13-19-9-5-3-6-10-19)24-21(15-25-17)16-26-18(2)23(24)14-20-11-7-4-8-12-20/h3-14,17-18H,15-16H2,1-2H3/b22-13-,23-14?. The highest BCUT2D eigenvalue weighted by Crippen LogP contribution is 2.39. The van der Waals surface area contributed by atoms with Crippen LogP contribution in [0.15, 0.2) is 83.0 Å². The van der Waals surface area contributed by atoms with Gasteiger partial charge in [-0.2, -0.15) is 0 Å². The maximum Gasteiger partial charge on any atom is 0.0807 e. The lowest BCUT2D eigenvalue weighted by Crippen LogP contribution is -2.32. The van der Waals surface area contributed by atoms with E-state index < -0.39 is 0 Å². The number of benzene rings is 2. The van der Waals surface area contributed by atoms with Crippen molar-refractivity contribution in [2.45, 2.75) is 26.1 Å². The van der Waals surface area contributed by atoms with Gasteiger partial charge in [-0.1, -0.05) is 60.7 Å². The summed E-state index contributed by atoms with van der Waals surface area (Å²) in [7, 11) is 0. The van der Waals surface area contributed by atoms with E-state index in [9.17, 15) is 0 Å². The summed E-state index contributed by atoms with van der Waals surface area (Å²) in [5, 5.41) is 0. The fraction of sp³-hybridized carbons (Fsp3) is 0.250. The highest BCUT2D eigenvalue weighted by Gasteiger charge is 2.32. The SMILES string of the molecule is CC1OCC2=C(C1=Cc1ccccc1)/C(=C\c1ccccc1)C(C)OC2. The van der Waals surface area contributed by atoms with Crippen LogP contribution in [0.3, 0.4) is 0 Å². The monoisotopic (exact) mass is 344 g/mol. The van der Waals surface area contributed by atoms with Crippen molar-refractivity contribution in [3.8, 4) is 0 Å². The van der Waals surface area contributed by atoms with Crippen molar-refractivity contribution in [2.24, 2.45) is 0 Å². The number of hydrogen-bond acceptors (Lipinski definition) is 2. The van der Waals surface area contributed by atoms with Crippen LogP contribution in [0.1, 0.15) is 25.0 Å². The maximum absolute atomic E-state index is 6.03. The zero-order valence-corrected chi connectivity index (χ0v) is 15.3. The number of ether oxygens (including phenoxy) is 2. The van der Waals surface area contributed by atoms with Gasteiger partial charge in [0.05, 0.1) is 25.4 Å². The van der Waals surface area contributed by atoms with Gasteiger partial charge < -0.3 is 9.47 Å². The molecule has 2 heteroatoms. The smallest absolute Gasteiger partial charge is 0.0807 e. The highest BCUT2D eigenvalue weighted by atomic mass is 16.5. The molecule has 0 aromatic heterocycles. The summed E-state index contributed by atoms with van der Waals surface area (Å²) in [5.41, 5.74) is 7.46. The van der Waals surface area contributed by atoms with Crippen LogP contribution in [0.2, 0.25) is 0 Å². The molecule has 2 aliphatic heterocycles. The Labute approximate surface area is 155 Å². The molecule has 0 bridgehead atoms. The molecule has 0 amide bonds. The maximum atomic E-state index is 6.03. The molecule has 26 heavy (non-hydrogen) atoms. The van der Waals surface area contributed by atoms with Gasteiger partial charge in [-0.25, -0.2) is 0 Å². The second-order valence-corrected chi connectivity index (χ2v) is 6.91. The number of hydrogen-bond donors (Lipinski definition) is 0. The molecule has 0 aliphatic carbocycles. The van der Waals surface area contributed by atoms with Crippen molar-refractivity contribution in [1.82, 2.24) is 0 Å². The summed E-state index contributed by atoms with van der Waals surface area (Å²) in [5.74, 6) is 0. The third kappa shape index (κ3) is 3.44. The van der Waals surface area contributed by atoms with Gasteiger partial charge in [-0.05, 0) is 59.4 Å². The molecule has 0 fully saturated rings. The quantitative estimate of drug-likeness (QED) is 0.737. The fourth-order valence-electron chi connectivity index (χ4n) is 3.63. The molecule has 2 aromatic carbocycles. The molecule has 2 heterocycles. The normalized spacial score (nSPS) is 26.2. The molecule has 4 rings (SSSR count). The Morgan fingerprint density at radius 1 is 0.692 bits per heavy atom. The van der Waals surface area contributed by atoms with E-state index in [-0.39, 0.29) is 12.2 Å². The minimum atomic E-state index is 0.0680. The van der Waals surface area contributed by atoms with Crippen LogP contribution in [-0.2, 0) is 9.47 Å². The van der Waals surface area contributed by atoms with E-state index in [4.69, 9.17) is 9.47 Å². The van der Waals surface area contributed by atoms with Gasteiger partial charge in [0.1, 0.15) is 0 Å². The van der Waals surface area contributed by atoms with Crippen LogP contribution in [0, 0.1) is 0 Å². The van der Waals surface area contributed by atoms with Crippen molar-refractivity contribution >= 4 is 12.2 Å². The summed E-state index contributed by atoms with van der Waals surface area (Å²) in [6.07, 6.45) is 4.66. The van der Waals surface area contributed by atoms with Crippen LogP contribution in [0.25, 0.3) is 12.2 Å². The lowest BCUT2D eigenvalue weighted by Gasteiger charge is -2.36. The van der Waals surface area contributed by atoms with E-state index in [0.717, 1.165) is 0 Å². The Balaban J connectivity index is 1.84. The number of rotatable bonds is 2. The molecular weight excluding hydrogens is 320 g/mol. The molecule has 2 atom stereocenters. The van der Waals surface area contributed by atoms with Crippen molar-refractivity contribution in [2.75, 3.05) is 13.2 Å². The molecule has 2 aliphatic rings. The van der Waals surface area contributed by atoms with Crippen molar-refractivity contribution in [3.05, 3.63) is 94.1 Å². The Hall–Kier alpha value is -2.42. The van der Waals surface area contributed by atoms with Gasteiger partial charge in [-0.3, -0.25) is 0 Å². The molecule has 0 saturated carbocycles. The molecule has 0 radical (unpaired) electrons. The Bertz CT molecular complexity index is 788. The van der Waals surface area contributed by atoms with E-state index in [1.54, 1.807) is 0 Å². The van der Waals surface area contributed by atoms with Crippen LogP contribution in [0.5, 0.6) is 0 Å². The molecule has 2 aromatic rings. The molecule has 0 saturated heterocycles. The summed E-state index contributed by atoms with van der Waals surface area (Å²) in [4.78, 5) is 0. The van der Waals surface area contributed by atoms with Crippen molar-refractivity contribution in [1.29, 1.82) is 0 Å². The fourth-order valence-corrected chi connectivity index (χ4v) is 3.63. The zero-order valence-electron chi connectivity index (χ0n) is 15.3. The van der Waals surface area contributed by atoms with Gasteiger partial charge in [0.25, 0.3) is 0 Å². The first-order valence-electron chi connectivity index (χ1n) is 9.21. The van der Waals surface area contributed by atoms with Crippen molar-refractivity contribution in [3.63, 3.8) is 0 Å². The van der Waals surface area contributed by atoms with Crippen LogP contribution in [0.4, 0.5) is 0 Å². The van der Waals surface area contributed by atoms with E-state index in [2.05, 4.69) is 74.5 Å². The minimum Gasteiger partial charge on any atom is -0.369 e. The predicted octanol–water partition coefficient (Wildman–Crippen LogP) is 5.29. The Kier molecular flexibility index (Phi) is 4.87.